The van der Waals surface area contributed by atoms with Crippen LogP contribution in [0, 0.1) is 11.8 Å². The van der Waals surface area contributed by atoms with E-state index in [0.717, 1.165) is 18.7 Å². The van der Waals surface area contributed by atoms with Crippen LogP contribution in [0.3, 0.4) is 0 Å². The van der Waals surface area contributed by atoms with Gasteiger partial charge in [0.25, 0.3) is 0 Å². The molecule has 1 aliphatic carbocycles. The molecule has 1 saturated carbocycles. The number of nitrogens with zero attached hydrogens (tertiary/aromatic N) is 3. The highest BCUT2D eigenvalue weighted by Crippen LogP contribution is 2.30. The van der Waals surface area contributed by atoms with E-state index in [1.54, 1.807) is 4.68 Å². The van der Waals surface area contributed by atoms with Crippen molar-refractivity contribution in [2.75, 3.05) is 5.32 Å². The molecule has 0 radical (unpaired) electrons. The molecule has 1 aromatic heterocycles. The Bertz CT molecular complexity index is 506. The average molecular weight is 250 g/mol. The minimum atomic E-state index is -0.806. The fourth-order valence-corrected chi connectivity index (χ4v) is 2.12. The van der Waals surface area contributed by atoms with Crippen molar-refractivity contribution in [3.05, 3.63) is 5.82 Å². The number of carbonyl (C=O) groups is 2. The van der Waals surface area contributed by atoms with E-state index in [0.29, 0.717) is 25.3 Å². The first-order valence-electron chi connectivity index (χ1n) is 6.11. The van der Waals surface area contributed by atoms with E-state index < -0.39 is 11.9 Å². The summed E-state index contributed by atoms with van der Waals surface area (Å²) in [7, 11) is 0. The molecule has 7 nitrogen and oxygen atoms in total. The third-order valence-electron chi connectivity index (χ3n) is 3.39. The minimum absolute atomic E-state index is 0.0345. The zero-order valence-corrected chi connectivity index (χ0v) is 9.80. The summed E-state index contributed by atoms with van der Waals surface area (Å²) in [6, 6.07) is 0. The second-order valence-electron chi connectivity index (χ2n) is 4.87. The number of nitrogens with one attached hydrogen (secondary N) is 1. The van der Waals surface area contributed by atoms with Crippen LogP contribution in [0.4, 0.5) is 5.95 Å². The van der Waals surface area contributed by atoms with E-state index >= 15 is 0 Å². The van der Waals surface area contributed by atoms with Crippen LogP contribution in [-0.2, 0) is 22.6 Å². The first-order valence-corrected chi connectivity index (χ1v) is 6.11. The van der Waals surface area contributed by atoms with Crippen LogP contribution in [0.15, 0.2) is 0 Å². The average Bonchev–Trinajstić information content (AvgIpc) is 3.09. The number of hydrogen-bond donors (Lipinski definition) is 2. The number of aryl methyl sites for hydroxylation is 1. The molecule has 1 unspecified atom stereocenters. The number of rotatable bonds is 3. The molecule has 7 heteroatoms. The van der Waals surface area contributed by atoms with Gasteiger partial charge in [0.05, 0.1) is 12.5 Å². The Balaban J connectivity index is 1.72. The summed E-state index contributed by atoms with van der Waals surface area (Å²) in [4.78, 5) is 26.7. The lowest BCUT2D eigenvalue weighted by atomic mass is 10.0. The summed E-state index contributed by atoms with van der Waals surface area (Å²) >= 11 is 0. The van der Waals surface area contributed by atoms with E-state index in [2.05, 4.69) is 15.4 Å². The van der Waals surface area contributed by atoms with Crippen LogP contribution in [-0.4, -0.2) is 31.7 Å². The van der Waals surface area contributed by atoms with Crippen molar-refractivity contribution in [3.8, 4) is 0 Å². The van der Waals surface area contributed by atoms with E-state index in [-0.39, 0.29) is 11.8 Å². The predicted octanol–water partition coefficient (Wildman–Crippen LogP) is 0.274. The van der Waals surface area contributed by atoms with Crippen LogP contribution in [0.1, 0.15) is 25.1 Å². The highest BCUT2D eigenvalue weighted by Gasteiger charge is 2.31. The molecule has 2 heterocycles. The summed E-state index contributed by atoms with van der Waals surface area (Å²) in [6.07, 6.45) is 3.02. The lowest BCUT2D eigenvalue weighted by Gasteiger charge is -2.18. The van der Waals surface area contributed by atoms with Crippen molar-refractivity contribution in [2.24, 2.45) is 11.8 Å². The van der Waals surface area contributed by atoms with Gasteiger partial charge in [0.2, 0.25) is 11.9 Å². The van der Waals surface area contributed by atoms with Gasteiger partial charge in [-0.3, -0.25) is 14.9 Å². The maximum absolute atomic E-state index is 11.6. The number of carboxylic acids is 1. The molecule has 1 aromatic rings. The van der Waals surface area contributed by atoms with Gasteiger partial charge in [-0.1, -0.05) is 0 Å². The molecular weight excluding hydrogens is 236 g/mol. The van der Waals surface area contributed by atoms with Crippen molar-refractivity contribution in [1.29, 1.82) is 0 Å². The molecular formula is C11H14N4O3. The first-order chi connectivity index (χ1) is 8.63. The van der Waals surface area contributed by atoms with Crippen molar-refractivity contribution < 1.29 is 14.7 Å². The highest BCUT2D eigenvalue weighted by atomic mass is 16.4. The molecule has 96 valence electrons. The molecule has 0 spiro atoms. The molecule has 3 rings (SSSR count). The van der Waals surface area contributed by atoms with E-state index in [9.17, 15) is 9.59 Å². The Morgan fingerprint density at radius 2 is 2.06 bits per heavy atom. The zero-order valence-electron chi connectivity index (χ0n) is 9.80. The Hall–Kier alpha value is -1.92. The van der Waals surface area contributed by atoms with Crippen molar-refractivity contribution in [1.82, 2.24) is 14.8 Å². The quantitative estimate of drug-likeness (QED) is 0.802. The van der Waals surface area contributed by atoms with Gasteiger partial charge in [-0.2, -0.15) is 4.98 Å². The van der Waals surface area contributed by atoms with Crippen molar-refractivity contribution in [2.45, 2.75) is 32.2 Å². The van der Waals surface area contributed by atoms with Crippen LogP contribution < -0.4 is 5.32 Å². The second-order valence-corrected chi connectivity index (χ2v) is 4.87. The molecule has 1 atom stereocenters. The third-order valence-corrected chi connectivity index (χ3v) is 3.39. The number of anilines is 1. The standard InChI is InChI=1S/C11H14N4O3/c16-9(6-1-2-6)13-11-12-8-4-3-7(10(17)18)5-15(8)14-11/h6-7H,1-5H2,(H,17,18)(H,13,14,16). The molecule has 0 saturated heterocycles. The van der Waals surface area contributed by atoms with Crippen molar-refractivity contribution >= 4 is 17.8 Å². The smallest absolute Gasteiger partial charge is 0.308 e. The zero-order chi connectivity index (χ0) is 12.7. The van der Waals surface area contributed by atoms with E-state index in [4.69, 9.17) is 5.11 Å². The Morgan fingerprint density at radius 3 is 2.72 bits per heavy atom. The van der Waals surface area contributed by atoms with Crippen molar-refractivity contribution in [3.63, 3.8) is 0 Å². The summed E-state index contributed by atoms with van der Waals surface area (Å²) in [5, 5.41) is 15.8. The van der Waals surface area contributed by atoms with E-state index in [1.807, 2.05) is 0 Å². The van der Waals surface area contributed by atoms with Gasteiger partial charge in [0.15, 0.2) is 0 Å². The predicted molar refractivity (Wildman–Crippen MR) is 60.8 cm³/mol. The maximum atomic E-state index is 11.6. The number of fused-ring (bicyclic) bond motifs is 1. The lowest BCUT2D eigenvalue weighted by Crippen LogP contribution is -2.27. The number of carbonyl (C=O) groups excluding carboxylic acids is 1. The number of carboxylic acid groups (broad SMARTS) is 1. The number of amides is 1. The number of hydrogen-bond acceptors (Lipinski definition) is 4. The fourth-order valence-electron chi connectivity index (χ4n) is 2.12. The normalized spacial score (nSPS) is 22.3. The topological polar surface area (TPSA) is 97.1 Å². The molecule has 0 bridgehead atoms. The third kappa shape index (κ3) is 2.07. The van der Waals surface area contributed by atoms with Gasteiger partial charge in [-0.25, -0.2) is 4.68 Å². The van der Waals surface area contributed by atoms with Crippen LogP contribution in [0.25, 0.3) is 0 Å². The largest absolute Gasteiger partial charge is 0.481 e. The summed E-state index contributed by atoms with van der Waals surface area (Å²) < 4.78 is 1.59. The van der Waals surface area contributed by atoms with Gasteiger partial charge in [0.1, 0.15) is 5.82 Å². The van der Waals surface area contributed by atoms with Gasteiger partial charge < -0.3 is 5.11 Å². The van der Waals surface area contributed by atoms with Gasteiger partial charge in [-0.05, 0) is 19.3 Å². The molecule has 18 heavy (non-hydrogen) atoms. The Morgan fingerprint density at radius 1 is 1.28 bits per heavy atom. The molecule has 1 aliphatic heterocycles. The number of aliphatic carboxylic acids is 1. The fraction of sp³-hybridized carbons (Fsp3) is 0.636. The lowest BCUT2D eigenvalue weighted by molar-refractivity contribution is -0.142. The molecule has 2 aliphatic rings. The molecule has 1 amide bonds. The summed E-state index contributed by atoms with van der Waals surface area (Å²) in [6.45, 7) is 0.330. The number of aromatic nitrogens is 3. The first kappa shape index (κ1) is 11.2. The highest BCUT2D eigenvalue weighted by molar-refractivity contribution is 5.92. The van der Waals surface area contributed by atoms with Crippen LogP contribution >= 0.6 is 0 Å². The summed E-state index contributed by atoms with van der Waals surface area (Å²) in [5.74, 6) is -0.0949. The molecule has 1 fully saturated rings. The Labute approximate surface area is 103 Å². The van der Waals surface area contributed by atoms with Gasteiger partial charge in [-0.15, -0.1) is 5.10 Å². The monoisotopic (exact) mass is 250 g/mol. The molecule has 0 aromatic carbocycles. The second kappa shape index (κ2) is 4.08. The minimum Gasteiger partial charge on any atom is -0.481 e. The van der Waals surface area contributed by atoms with Gasteiger partial charge in [0, 0.05) is 12.3 Å². The van der Waals surface area contributed by atoms with Crippen LogP contribution in [0.2, 0.25) is 0 Å². The van der Waals surface area contributed by atoms with Crippen LogP contribution in [0.5, 0.6) is 0 Å². The van der Waals surface area contributed by atoms with Gasteiger partial charge >= 0.3 is 5.97 Å². The molecule has 2 N–H and O–H groups in total. The maximum Gasteiger partial charge on any atom is 0.308 e. The summed E-state index contributed by atoms with van der Waals surface area (Å²) in [5.41, 5.74) is 0. The van der Waals surface area contributed by atoms with E-state index in [1.165, 1.54) is 0 Å². The SMILES string of the molecule is O=C(O)C1CCc2nc(NC(=O)C3CC3)nn2C1. The Kier molecular flexibility index (Phi) is 2.53.